The number of non-ortho nitro benzene ring substituents is 1. The molecular weight excluding hydrogens is 415 g/mol. The summed E-state index contributed by atoms with van der Waals surface area (Å²) in [4.78, 5) is 36.2. The second-order valence-corrected chi connectivity index (χ2v) is 6.77. The van der Waals surface area contributed by atoms with Crippen molar-refractivity contribution in [2.45, 2.75) is 12.6 Å². The minimum atomic E-state index is -4.60. The standard InChI is InChI=1S/C18H13ClF3N3O4/c19-14-6-1-11(18(20,21)22)8-15(14)23-17(27)10-7-16(26)24(9-10)12-2-4-13(5-3-12)25(28)29/h1-6,8,10H,7,9H2,(H,23,27)/t10-/m0/s1. The normalized spacial score (nSPS) is 16.8. The van der Waals surface area contributed by atoms with Crippen molar-refractivity contribution in [1.29, 1.82) is 0 Å². The number of nitrogens with zero attached hydrogens (tertiary/aromatic N) is 2. The van der Waals surface area contributed by atoms with Crippen molar-refractivity contribution in [3.05, 3.63) is 63.2 Å². The molecule has 1 heterocycles. The molecule has 2 aromatic carbocycles. The average Bonchev–Trinajstić information content (AvgIpc) is 3.04. The summed E-state index contributed by atoms with van der Waals surface area (Å²) in [6.45, 7) is -0.0148. The number of anilines is 2. The Morgan fingerprint density at radius 2 is 1.86 bits per heavy atom. The number of carbonyl (C=O) groups excluding carboxylic acids is 2. The van der Waals surface area contributed by atoms with Crippen molar-refractivity contribution >= 4 is 40.5 Å². The summed E-state index contributed by atoms with van der Waals surface area (Å²) in [5.74, 6) is -1.85. The number of amides is 2. The van der Waals surface area contributed by atoms with Gasteiger partial charge >= 0.3 is 6.18 Å². The lowest BCUT2D eigenvalue weighted by Crippen LogP contribution is -2.28. The number of nitro benzene ring substituents is 1. The molecule has 0 spiro atoms. The molecule has 0 bridgehead atoms. The van der Waals surface area contributed by atoms with Gasteiger partial charge in [-0.25, -0.2) is 0 Å². The van der Waals surface area contributed by atoms with Crippen molar-refractivity contribution < 1.29 is 27.7 Å². The van der Waals surface area contributed by atoms with Gasteiger partial charge in [-0.1, -0.05) is 11.6 Å². The van der Waals surface area contributed by atoms with Crippen LogP contribution in [-0.4, -0.2) is 23.3 Å². The lowest BCUT2D eigenvalue weighted by molar-refractivity contribution is -0.384. The van der Waals surface area contributed by atoms with Gasteiger partial charge in [0.15, 0.2) is 0 Å². The first-order valence-corrected chi connectivity index (χ1v) is 8.66. The molecule has 2 amide bonds. The van der Waals surface area contributed by atoms with E-state index in [4.69, 9.17) is 11.6 Å². The van der Waals surface area contributed by atoms with Crippen LogP contribution >= 0.6 is 11.6 Å². The molecule has 0 aromatic heterocycles. The monoisotopic (exact) mass is 427 g/mol. The first kappa shape index (κ1) is 20.6. The van der Waals surface area contributed by atoms with E-state index >= 15 is 0 Å². The molecule has 2 aromatic rings. The zero-order valence-electron chi connectivity index (χ0n) is 14.6. The number of benzene rings is 2. The van der Waals surface area contributed by atoms with E-state index in [-0.39, 0.29) is 35.3 Å². The number of rotatable bonds is 4. The average molecular weight is 428 g/mol. The predicted molar refractivity (Wildman–Crippen MR) is 98.6 cm³/mol. The van der Waals surface area contributed by atoms with Crippen LogP contribution in [0.25, 0.3) is 0 Å². The molecule has 3 rings (SSSR count). The first-order valence-electron chi connectivity index (χ1n) is 8.28. The lowest BCUT2D eigenvalue weighted by Gasteiger charge is -2.17. The smallest absolute Gasteiger partial charge is 0.324 e. The fourth-order valence-electron chi connectivity index (χ4n) is 2.92. The van der Waals surface area contributed by atoms with E-state index in [2.05, 4.69) is 5.32 Å². The van der Waals surface area contributed by atoms with Gasteiger partial charge in [0.2, 0.25) is 11.8 Å². The number of nitrogens with one attached hydrogen (secondary N) is 1. The summed E-state index contributed by atoms with van der Waals surface area (Å²) in [7, 11) is 0. The maximum atomic E-state index is 12.9. The number of alkyl halides is 3. The van der Waals surface area contributed by atoms with Crippen LogP contribution in [0.3, 0.4) is 0 Å². The summed E-state index contributed by atoms with van der Waals surface area (Å²) >= 11 is 5.88. The first-order chi connectivity index (χ1) is 13.6. The highest BCUT2D eigenvalue weighted by molar-refractivity contribution is 6.33. The molecular formula is C18H13ClF3N3O4. The Bertz CT molecular complexity index is 979. The molecule has 1 aliphatic rings. The van der Waals surface area contributed by atoms with Crippen molar-refractivity contribution in [2.75, 3.05) is 16.8 Å². The number of carbonyl (C=O) groups is 2. The molecule has 1 fully saturated rings. The molecule has 0 radical (unpaired) electrons. The Hall–Kier alpha value is -3.14. The van der Waals surface area contributed by atoms with E-state index in [0.717, 1.165) is 18.2 Å². The van der Waals surface area contributed by atoms with E-state index in [1.807, 2.05) is 0 Å². The highest BCUT2D eigenvalue weighted by atomic mass is 35.5. The van der Waals surface area contributed by atoms with Gasteiger partial charge in [-0.15, -0.1) is 0 Å². The maximum absolute atomic E-state index is 12.9. The molecule has 0 unspecified atom stereocenters. The van der Waals surface area contributed by atoms with Crippen molar-refractivity contribution in [2.24, 2.45) is 5.92 Å². The highest BCUT2D eigenvalue weighted by Crippen LogP contribution is 2.34. The van der Waals surface area contributed by atoms with Crippen LogP contribution in [0.5, 0.6) is 0 Å². The maximum Gasteiger partial charge on any atom is 0.416 e. The lowest BCUT2D eigenvalue weighted by atomic mass is 10.1. The van der Waals surface area contributed by atoms with Gasteiger partial charge in [0.1, 0.15) is 0 Å². The summed E-state index contributed by atoms with van der Waals surface area (Å²) < 4.78 is 38.6. The van der Waals surface area contributed by atoms with Crippen LogP contribution < -0.4 is 10.2 Å². The molecule has 152 valence electrons. The molecule has 0 aliphatic carbocycles. The van der Waals surface area contributed by atoms with Gasteiger partial charge in [-0.3, -0.25) is 19.7 Å². The van der Waals surface area contributed by atoms with Gasteiger partial charge < -0.3 is 10.2 Å². The second-order valence-electron chi connectivity index (χ2n) is 6.36. The second kappa shape index (κ2) is 7.70. The molecule has 0 saturated carbocycles. The topological polar surface area (TPSA) is 92.6 Å². The van der Waals surface area contributed by atoms with Crippen LogP contribution in [0.2, 0.25) is 5.02 Å². The number of halogens is 4. The number of nitro groups is 1. The minimum Gasteiger partial charge on any atom is -0.324 e. The Morgan fingerprint density at radius 3 is 2.45 bits per heavy atom. The van der Waals surface area contributed by atoms with Gasteiger partial charge in [0.05, 0.1) is 27.1 Å². The van der Waals surface area contributed by atoms with Gasteiger partial charge in [0, 0.05) is 30.8 Å². The third-order valence-electron chi connectivity index (χ3n) is 4.42. The molecule has 7 nitrogen and oxygen atoms in total. The highest BCUT2D eigenvalue weighted by Gasteiger charge is 2.36. The third-order valence-corrected chi connectivity index (χ3v) is 4.75. The van der Waals surface area contributed by atoms with E-state index in [9.17, 15) is 32.9 Å². The summed E-state index contributed by atoms with van der Waals surface area (Å²) in [5, 5.41) is 13.0. The Kier molecular flexibility index (Phi) is 5.47. The van der Waals surface area contributed by atoms with Gasteiger partial charge in [-0.05, 0) is 30.3 Å². The Balaban J connectivity index is 1.73. The van der Waals surface area contributed by atoms with Gasteiger partial charge in [-0.2, -0.15) is 13.2 Å². The largest absolute Gasteiger partial charge is 0.416 e. The van der Waals surface area contributed by atoms with Crippen LogP contribution in [0, 0.1) is 16.0 Å². The SMILES string of the molecule is O=C(Nc1cc(C(F)(F)F)ccc1Cl)[C@H]1CC(=O)N(c2ccc([N+](=O)[O-])cc2)C1. The van der Waals surface area contributed by atoms with Gasteiger partial charge in [0.25, 0.3) is 5.69 Å². The van der Waals surface area contributed by atoms with Crippen LogP contribution in [-0.2, 0) is 15.8 Å². The van der Waals surface area contributed by atoms with E-state index in [0.29, 0.717) is 5.69 Å². The summed E-state index contributed by atoms with van der Waals surface area (Å²) in [6, 6.07) is 7.80. The quantitative estimate of drug-likeness (QED) is 0.583. The Morgan fingerprint density at radius 1 is 1.21 bits per heavy atom. The van der Waals surface area contributed by atoms with E-state index in [1.165, 1.54) is 29.2 Å². The van der Waals surface area contributed by atoms with Crippen LogP contribution in [0.1, 0.15) is 12.0 Å². The zero-order valence-corrected chi connectivity index (χ0v) is 15.3. The molecule has 1 N–H and O–H groups in total. The van der Waals surface area contributed by atoms with Crippen molar-refractivity contribution in [3.8, 4) is 0 Å². The number of hydrogen-bond donors (Lipinski definition) is 1. The third kappa shape index (κ3) is 4.48. The molecule has 1 aliphatic heterocycles. The predicted octanol–water partition coefficient (Wildman–Crippen LogP) is 4.26. The Labute approximate surface area is 167 Å². The molecule has 1 saturated heterocycles. The van der Waals surface area contributed by atoms with Crippen LogP contribution in [0.15, 0.2) is 42.5 Å². The fraction of sp³-hybridized carbons (Fsp3) is 0.222. The van der Waals surface area contributed by atoms with Crippen LogP contribution in [0.4, 0.5) is 30.2 Å². The fourth-order valence-corrected chi connectivity index (χ4v) is 3.08. The summed E-state index contributed by atoms with van der Waals surface area (Å²) in [5.41, 5.74) is -0.929. The van der Waals surface area contributed by atoms with E-state index < -0.39 is 28.5 Å². The van der Waals surface area contributed by atoms with Crippen molar-refractivity contribution in [1.82, 2.24) is 0 Å². The number of hydrogen-bond acceptors (Lipinski definition) is 4. The molecule has 11 heteroatoms. The summed E-state index contributed by atoms with van der Waals surface area (Å²) in [6.07, 6.45) is -4.75. The van der Waals surface area contributed by atoms with E-state index in [1.54, 1.807) is 0 Å². The molecule has 29 heavy (non-hydrogen) atoms. The molecule has 1 atom stereocenters. The minimum absolute atomic E-state index is 0.0148. The van der Waals surface area contributed by atoms with Crippen molar-refractivity contribution in [3.63, 3.8) is 0 Å². The zero-order chi connectivity index (χ0) is 21.3.